The zero-order valence-electron chi connectivity index (χ0n) is 15.6. The number of aromatic nitrogens is 4. The fourth-order valence-corrected chi connectivity index (χ4v) is 2.66. The van der Waals surface area contributed by atoms with Crippen molar-refractivity contribution in [2.45, 2.75) is 25.4 Å². The number of benzene rings is 1. The summed E-state index contributed by atoms with van der Waals surface area (Å²) in [6.07, 6.45) is 1.20. The van der Waals surface area contributed by atoms with Crippen molar-refractivity contribution in [3.63, 3.8) is 0 Å². The van der Waals surface area contributed by atoms with Crippen LogP contribution in [0.3, 0.4) is 0 Å². The van der Waals surface area contributed by atoms with Crippen LogP contribution in [0.1, 0.15) is 18.5 Å². The summed E-state index contributed by atoms with van der Waals surface area (Å²) in [5.74, 6) is -2.21. The maximum atomic E-state index is 11.9. The van der Waals surface area contributed by atoms with Gasteiger partial charge in [0.05, 0.1) is 18.4 Å². The molecular weight excluding hydrogens is 394 g/mol. The molecule has 0 bridgehead atoms. The van der Waals surface area contributed by atoms with Crippen LogP contribution in [0, 0.1) is 0 Å². The summed E-state index contributed by atoms with van der Waals surface area (Å²) in [6, 6.07) is 5.78. The lowest BCUT2D eigenvalue weighted by molar-refractivity contribution is -0.139. The molecule has 0 unspecified atom stereocenters. The molecule has 0 saturated heterocycles. The third kappa shape index (κ3) is 5.19. The Bertz CT molecular complexity index is 1130. The molecule has 0 aliphatic carbocycles. The summed E-state index contributed by atoms with van der Waals surface area (Å²) in [4.78, 5) is 48.4. The van der Waals surface area contributed by atoms with Crippen molar-refractivity contribution in [1.29, 1.82) is 0 Å². The first-order chi connectivity index (χ1) is 14.3. The number of nitrogens with zero attached hydrogens (tertiary/aromatic N) is 3. The van der Waals surface area contributed by atoms with Gasteiger partial charge in [-0.05, 0) is 30.7 Å². The van der Waals surface area contributed by atoms with Crippen molar-refractivity contribution < 1.29 is 19.8 Å². The third-order valence-corrected chi connectivity index (χ3v) is 4.13. The number of hydrogen-bond donors (Lipinski definition) is 6. The van der Waals surface area contributed by atoms with Gasteiger partial charge in [0.1, 0.15) is 6.04 Å². The lowest BCUT2D eigenvalue weighted by atomic mass is 10.1. The zero-order valence-corrected chi connectivity index (χ0v) is 15.6. The van der Waals surface area contributed by atoms with E-state index in [1.807, 2.05) is 0 Å². The molecule has 1 aromatic carbocycles. The molecule has 0 aliphatic heterocycles. The second kappa shape index (κ2) is 8.86. The summed E-state index contributed by atoms with van der Waals surface area (Å²) in [6.45, 7) is 0.288. The summed E-state index contributed by atoms with van der Waals surface area (Å²) < 4.78 is 0. The van der Waals surface area contributed by atoms with E-state index in [1.165, 1.54) is 6.20 Å². The summed E-state index contributed by atoms with van der Waals surface area (Å²) in [7, 11) is 0. The molecule has 0 aliphatic rings. The molecule has 0 fully saturated rings. The number of H-pyrrole nitrogens is 1. The van der Waals surface area contributed by atoms with Crippen LogP contribution in [0.5, 0.6) is 0 Å². The highest BCUT2D eigenvalue weighted by Crippen LogP contribution is 2.16. The van der Waals surface area contributed by atoms with Crippen LogP contribution in [-0.2, 0) is 16.1 Å². The average Bonchev–Trinajstić information content (AvgIpc) is 2.70. The number of nitrogens with two attached hydrogens (primary N) is 1. The number of nitrogens with one attached hydrogen (secondary N) is 3. The number of anilines is 3. The van der Waals surface area contributed by atoms with Crippen LogP contribution in [0.15, 0.2) is 35.3 Å². The fourth-order valence-electron chi connectivity index (χ4n) is 2.66. The van der Waals surface area contributed by atoms with E-state index >= 15 is 0 Å². The van der Waals surface area contributed by atoms with E-state index < -0.39 is 23.5 Å². The van der Waals surface area contributed by atoms with Crippen molar-refractivity contribution in [3.05, 3.63) is 46.5 Å². The second-order valence-electron chi connectivity index (χ2n) is 6.38. The van der Waals surface area contributed by atoms with Gasteiger partial charge < -0.3 is 26.6 Å². The Balaban J connectivity index is 1.63. The van der Waals surface area contributed by atoms with Gasteiger partial charge in [-0.25, -0.2) is 14.8 Å². The largest absolute Gasteiger partial charge is 0.481 e. The minimum absolute atomic E-state index is 0.0329. The normalized spacial score (nSPS) is 11.7. The van der Waals surface area contributed by atoms with Gasteiger partial charge in [0.25, 0.3) is 5.56 Å². The SMILES string of the molecule is Nc1nc2ncc(CNc3ccc(N[C@@H](CCC(=O)O)C(=O)O)cc3)nc2c(=O)[nH]1. The number of carboxylic acids is 2. The molecule has 0 amide bonds. The third-order valence-electron chi connectivity index (χ3n) is 4.13. The highest BCUT2D eigenvalue weighted by atomic mass is 16.4. The van der Waals surface area contributed by atoms with Crippen molar-refractivity contribution in [2.75, 3.05) is 16.4 Å². The highest BCUT2D eigenvalue weighted by molar-refractivity contribution is 5.78. The molecule has 7 N–H and O–H groups in total. The Morgan fingerprint density at radius 1 is 1.13 bits per heavy atom. The highest BCUT2D eigenvalue weighted by Gasteiger charge is 2.18. The van der Waals surface area contributed by atoms with E-state index in [4.69, 9.17) is 10.8 Å². The van der Waals surface area contributed by atoms with Crippen LogP contribution in [0.25, 0.3) is 11.2 Å². The zero-order chi connectivity index (χ0) is 21.7. The first-order valence-electron chi connectivity index (χ1n) is 8.88. The van der Waals surface area contributed by atoms with Crippen LogP contribution in [-0.4, -0.2) is 48.1 Å². The minimum Gasteiger partial charge on any atom is -0.481 e. The number of fused-ring (bicyclic) bond motifs is 1. The molecule has 0 spiro atoms. The molecule has 12 nitrogen and oxygen atoms in total. The molecule has 30 heavy (non-hydrogen) atoms. The number of carboxylic acid groups (broad SMARTS) is 2. The average molecular weight is 413 g/mol. The molecule has 12 heteroatoms. The Kier molecular flexibility index (Phi) is 6.05. The number of aliphatic carboxylic acids is 2. The maximum Gasteiger partial charge on any atom is 0.326 e. The molecule has 1 atom stereocenters. The van der Waals surface area contributed by atoms with Crippen molar-refractivity contribution in [1.82, 2.24) is 19.9 Å². The number of carbonyl (C=O) groups is 2. The second-order valence-corrected chi connectivity index (χ2v) is 6.38. The van der Waals surface area contributed by atoms with Gasteiger partial charge in [-0.1, -0.05) is 0 Å². The van der Waals surface area contributed by atoms with Gasteiger partial charge in [-0.3, -0.25) is 14.6 Å². The molecule has 3 rings (SSSR count). The van der Waals surface area contributed by atoms with Crippen LogP contribution in [0.2, 0.25) is 0 Å². The summed E-state index contributed by atoms with van der Waals surface area (Å²) in [5.41, 5.74) is 7.03. The smallest absolute Gasteiger partial charge is 0.326 e. The van der Waals surface area contributed by atoms with E-state index in [-0.39, 0.29) is 36.5 Å². The van der Waals surface area contributed by atoms with Gasteiger partial charge in [-0.15, -0.1) is 0 Å². The number of rotatable bonds is 9. The molecular formula is C18H19N7O5. The molecule has 2 heterocycles. The van der Waals surface area contributed by atoms with E-state index in [2.05, 4.69) is 30.6 Å². The lowest BCUT2D eigenvalue weighted by Gasteiger charge is -2.15. The Labute approximate surface area is 169 Å². The van der Waals surface area contributed by atoms with Gasteiger partial charge in [0.2, 0.25) is 5.95 Å². The Morgan fingerprint density at radius 2 is 1.83 bits per heavy atom. The molecule has 156 valence electrons. The van der Waals surface area contributed by atoms with Crippen LogP contribution in [0.4, 0.5) is 17.3 Å². The molecule has 2 aromatic heterocycles. The number of nitrogen functional groups attached to an aromatic ring is 1. The maximum absolute atomic E-state index is 11.9. The lowest BCUT2D eigenvalue weighted by Crippen LogP contribution is -2.29. The van der Waals surface area contributed by atoms with Gasteiger partial charge in [0, 0.05) is 17.8 Å². The Morgan fingerprint density at radius 3 is 2.50 bits per heavy atom. The first kappa shape index (κ1) is 20.5. The van der Waals surface area contributed by atoms with Gasteiger partial charge >= 0.3 is 11.9 Å². The van der Waals surface area contributed by atoms with Crippen LogP contribution < -0.4 is 21.9 Å². The van der Waals surface area contributed by atoms with Crippen molar-refractivity contribution >= 4 is 40.4 Å². The summed E-state index contributed by atoms with van der Waals surface area (Å²) in [5, 5.41) is 23.8. The predicted octanol–water partition coefficient (Wildman–Crippen LogP) is 0.637. The molecule has 0 saturated carbocycles. The number of aromatic amines is 1. The molecule has 3 aromatic rings. The quantitative estimate of drug-likeness (QED) is 0.288. The van der Waals surface area contributed by atoms with E-state index in [9.17, 15) is 19.5 Å². The van der Waals surface area contributed by atoms with Crippen molar-refractivity contribution in [3.8, 4) is 0 Å². The fraction of sp³-hybridized carbons (Fsp3) is 0.222. The van der Waals surface area contributed by atoms with Crippen LogP contribution >= 0.6 is 0 Å². The summed E-state index contributed by atoms with van der Waals surface area (Å²) >= 11 is 0. The monoisotopic (exact) mass is 413 g/mol. The van der Waals surface area contributed by atoms with E-state index in [0.717, 1.165) is 5.69 Å². The predicted molar refractivity (Wildman–Crippen MR) is 108 cm³/mol. The van der Waals surface area contributed by atoms with Gasteiger partial charge in [0.15, 0.2) is 11.2 Å². The van der Waals surface area contributed by atoms with E-state index in [0.29, 0.717) is 11.4 Å². The van der Waals surface area contributed by atoms with E-state index in [1.54, 1.807) is 24.3 Å². The first-order valence-corrected chi connectivity index (χ1v) is 8.88. The standard InChI is InChI=1S/C18H19N7O5/c19-18-24-15-14(16(28)25-18)23-11(8-21-15)7-20-9-1-3-10(4-2-9)22-12(17(29)30)5-6-13(26)27/h1-4,8,12,20,22H,5-7H2,(H,26,27)(H,29,30)(H3,19,21,24,25,28)/t12-/m0/s1. The minimum atomic E-state index is -1.13. The Hall–Kier alpha value is -4.22. The molecule has 0 radical (unpaired) electrons. The number of hydrogen-bond acceptors (Lipinski definition) is 9. The van der Waals surface area contributed by atoms with Crippen molar-refractivity contribution in [2.24, 2.45) is 0 Å². The van der Waals surface area contributed by atoms with Gasteiger partial charge in [-0.2, -0.15) is 4.98 Å². The topological polar surface area (TPSA) is 196 Å².